The van der Waals surface area contributed by atoms with Crippen LogP contribution in [0.2, 0.25) is 0 Å². The molecule has 1 fully saturated rings. The number of nitrogens with two attached hydrogens (primary N) is 1. The minimum absolute atomic E-state index is 0.318. The topological polar surface area (TPSA) is 51.4 Å². The van der Waals surface area contributed by atoms with E-state index in [0.717, 1.165) is 31.0 Å². The zero-order valence-corrected chi connectivity index (χ0v) is 12.6. The van der Waals surface area contributed by atoms with Crippen LogP contribution in [0.1, 0.15) is 24.8 Å². The van der Waals surface area contributed by atoms with Crippen molar-refractivity contribution in [2.75, 3.05) is 25.1 Å². The van der Waals surface area contributed by atoms with E-state index in [4.69, 9.17) is 10.5 Å². The zero-order valence-electron chi connectivity index (χ0n) is 12.6. The van der Waals surface area contributed by atoms with Gasteiger partial charge in [0, 0.05) is 38.3 Å². The Kier molecular flexibility index (Phi) is 4.36. The number of anilines is 1. The number of pyridine rings is 1. The maximum absolute atomic E-state index is 5.84. The molecule has 1 aromatic carbocycles. The van der Waals surface area contributed by atoms with E-state index in [1.165, 1.54) is 23.6 Å². The Bertz CT molecular complexity index is 608. The normalized spacial score (nSPS) is 18.9. The predicted octanol–water partition coefficient (Wildman–Crippen LogP) is 2.70. The van der Waals surface area contributed by atoms with Gasteiger partial charge in [-0.3, -0.25) is 0 Å². The Morgan fingerprint density at radius 1 is 1.29 bits per heavy atom. The van der Waals surface area contributed by atoms with E-state index in [9.17, 15) is 0 Å². The molecule has 1 atom stereocenters. The standard InChI is InChI=1S/C17H23N3O/c1-20(12-14-6-4-5-9-21-14)17-16-8-3-2-7-15(16)13(10-18)11-19-17/h2-3,7-8,11,14H,4-6,9-10,12,18H2,1H3. The lowest BCUT2D eigenvalue weighted by Gasteiger charge is -2.28. The van der Waals surface area contributed by atoms with Crippen LogP contribution in [0.3, 0.4) is 0 Å². The van der Waals surface area contributed by atoms with Crippen LogP contribution in [0.15, 0.2) is 30.5 Å². The molecule has 0 amide bonds. The fraction of sp³-hybridized carbons (Fsp3) is 0.471. The van der Waals surface area contributed by atoms with Crippen molar-refractivity contribution in [3.8, 4) is 0 Å². The van der Waals surface area contributed by atoms with Crippen LogP contribution < -0.4 is 10.6 Å². The van der Waals surface area contributed by atoms with Gasteiger partial charge in [0.05, 0.1) is 6.10 Å². The third-order valence-electron chi connectivity index (χ3n) is 4.19. The van der Waals surface area contributed by atoms with E-state index in [1.54, 1.807) is 0 Å². The first-order chi connectivity index (χ1) is 10.3. The maximum atomic E-state index is 5.84. The van der Waals surface area contributed by atoms with Crippen LogP contribution in [-0.4, -0.2) is 31.3 Å². The molecule has 1 aliphatic heterocycles. The quantitative estimate of drug-likeness (QED) is 0.938. The molecule has 1 aromatic heterocycles. The lowest BCUT2D eigenvalue weighted by molar-refractivity contribution is 0.0215. The molecule has 4 heteroatoms. The number of hydrogen-bond acceptors (Lipinski definition) is 4. The first kappa shape index (κ1) is 14.3. The highest BCUT2D eigenvalue weighted by molar-refractivity contribution is 5.94. The average Bonchev–Trinajstić information content (AvgIpc) is 2.54. The molecule has 2 N–H and O–H groups in total. The van der Waals surface area contributed by atoms with Gasteiger partial charge in [-0.15, -0.1) is 0 Å². The summed E-state index contributed by atoms with van der Waals surface area (Å²) in [6, 6.07) is 8.34. The van der Waals surface area contributed by atoms with Crippen molar-refractivity contribution < 1.29 is 4.74 Å². The maximum Gasteiger partial charge on any atom is 0.136 e. The SMILES string of the molecule is CN(CC1CCCCO1)c1ncc(CN)c2ccccc12. The Labute approximate surface area is 125 Å². The molecular weight excluding hydrogens is 262 g/mol. The first-order valence-corrected chi connectivity index (χ1v) is 7.69. The molecule has 1 aliphatic rings. The fourth-order valence-corrected chi connectivity index (χ4v) is 3.05. The molecule has 0 aliphatic carbocycles. The highest BCUT2D eigenvalue weighted by atomic mass is 16.5. The van der Waals surface area contributed by atoms with Crippen molar-refractivity contribution in [2.24, 2.45) is 5.73 Å². The van der Waals surface area contributed by atoms with Crippen molar-refractivity contribution in [2.45, 2.75) is 31.9 Å². The predicted molar refractivity (Wildman–Crippen MR) is 86.5 cm³/mol. The van der Waals surface area contributed by atoms with Crippen molar-refractivity contribution in [3.05, 3.63) is 36.0 Å². The lowest BCUT2D eigenvalue weighted by atomic mass is 10.1. The fourth-order valence-electron chi connectivity index (χ4n) is 3.05. The number of rotatable bonds is 4. The van der Waals surface area contributed by atoms with Gasteiger partial charge < -0.3 is 15.4 Å². The van der Waals surface area contributed by atoms with Gasteiger partial charge in [-0.1, -0.05) is 24.3 Å². The third kappa shape index (κ3) is 3.01. The molecule has 3 rings (SSSR count). The van der Waals surface area contributed by atoms with Gasteiger partial charge >= 0.3 is 0 Å². The van der Waals surface area contributed by atoms with Gasteiger partial charge in [-0.25, -0.2) is 4.98 Å². The van der Waals surface area contributed by atoms with Crippen LogP contribution in [-0.2, 0) is 11.3 Å². The number of aromatic nitrogens is 1. The van der Waals surface area contributed by atoms with Crippen molar-refractivity contribution in [3.63, 3.8) is 0 Å². The summed E-state index contributed by atoms with van der Waals surface area (Å²) in [5, 5.41) is 2.36. The summed E-state index contributed by atoms with van der Waals surface area (Å²) in [5.41, 5.74) is 6.91. The second kappa shape index (κ2) is 6.41. The molecule has 4 nitrogen and oxygen atoms in total. The number of ether oxygens (including phenoxy) is 1. The summed E-state index contributed by atoms with van der Waals surface area (Å²) < 4.78 is 5.84. The Morgan fingerprint density at radius 2 is 2.10 bits per heavy atom. The van der Waals surface area contributed by atoms with Crippen LogP contribution in [0.25, 0.3) is 10.8 Å². The summed E-state index contributed by atoms with van der Waals surface area (Å²) >= 11 is 0. The smallest absolute Gasteiger partial charge is 0.136 e. The second-order valence-corrected chi connectivity index (χ2v) is 5.73. The highest BCUT2D eigenvalue weighted by Gasteiger charge is 2.18. The molecule has 0 bridgehead atoms. The number of likely N-dealkylation sites (N-methyl/N-ethyl adjacent to an activating group) is 1. The molecule has 1 unspecified atom stereocenters. The largest absolute Gasteiger partial charge is 0.376 e. The van der Waals surface area contributed by atoms with E-state index in [0.29, 0.717) is 12.6 Å². The summed E-state index contributed by atoms with van der Waals surface area (Å²) in [6.07, 6.45) is 5.81. The Hall–Kier alpha value is -1.65. The molecule has 112 valence electrons. The van der Waals surface area contributed by atoms with Gasteiger partial charge in [0.2, 0.25) is 0 Å². The third-order valence-corrected chi connectivity index (χ3v) is 4.19. The van der Waals surface area contributed by atoms with E-state index >= 15 is 0 Å². The molecule has 0 radical (unpaired) electrons. The van der Waals surface area contributed by atoms with Crippen LogP contribution >= 0.6 is 0 Å². The number of fused-ring (bicyclic) bond motifs is 1. The molecule has 21 heavy (non-hydrogen) atoms. The lowest BCUT2D eigenvalue weighted by Crippen LogP contribution is -2.33. The van der Waals surface area contributed by atoms with Crippen LogP contribution in [0.4, 0.5) is 5.82 Å². The molecular formula is C17H23N3O. The Morgan fingerprint density at radius 3 is 2.81 bits per heavy atom. The van der Waals surface area contributed by atoms with E-state index in [-0.39, 0.29) is 0 Å². The van der Waals surface area contributed by atoms with Gasteiger partial charge in [-0.05, 0) is 30.2 Å². The Balaban J connectivity index is 1.89. The second-order valence-electron chi connectivity index (χ2n) is 5.73. The highest BCUT2D eigenvalue weighted by Crippen LogP contribution is 2.27. The monoisotopic (exact) mass is 285 g/mol. The average molecular weight is 285 g/mol. The molecule has 0 spiro atoms. The molecule has 0 saturated carbocycles. The van der Waals surface area contributed by atoms with E-state index in [2.05, 4.69) is 41.2 Å². The van der Waals surface area contributed by atoms with Gasteiger partial charge in [0.15, 0.2) is 0 Å². The number of nitrogens with zero attached hydrogens (tertiary/aromatic N) is 2. The molecule has 2 heterocycles. The minimum Gasteiger partial charge on any atom is -0.376 e. The van der Waals surface area contributed by atoms with Crippen molar-refractivity contribution in [1.82, 2.24) is 4.98 Å². The van der Waals surface area contributed by atoms with Crippen molar-refractivity contribution >= 4 is 16.6 Å². The number of hydrogen-bond donors (Lipinski definition) is 1. The van der Waals surface area contributed by atoms with Crippen LogP contribution in [0, 0.1) is 0 Å². The van der Waals surface area contributed by atoms with Gasteiger partial charge in [0.25, 0.3) is 0 Å². The summed E-state index contributed by atoms with van der Waals surface area (Å²) in [7, 11) is 2.09. The molecule has 2 aromatic rings. The molecule has 1 saturated heterocycles. The van der Waals surface area contributed by atoms with Crippen LogP contribution in [0.5, 0.6) is 0 Å². The van der Waals surface area contributed by atoms with Crippen molar-refractivity contribution in [1.29, 1.82) is 0 Å². The summed E-state index contributed by atoms with van der Waals surface area (Å²) in [6.45, 7) is 2.29. The minimum atomic E-state index is 0.318. The first-order valence-electron chi connectivity index (χ1n) is 7.69. The summed E-state index contributed by atoms with van der Waals surface area (Å²) in [4.78, 5) is 6.84. The zero-order chi connectivity index (χ0) is 14.7. The summed E-state index contributed by atoms with van der Waals surface area (Å²) in [5.74, 6) is 1.01. The number of benzene rings is 1. The van der Waals surface area contributed by atoms with E-state index in [1.807, 2.05) is 6.20 Å². The van der Waals surface area contributed by atoms with Gasteiger partial charge in [0.1, 0.15) is 5.82 Å². The van der Waals surface area contributed by atoms with E-state index < -0.39 is 0 Å². The van der Waals surface area contributed by atoms with Gasteiger partial charge in [-0.2, -0.15) is 0 Å².